The van der Waals surface area contributed by atoms with E-state index in [0.29, 0.717) is 25.1 Å². The molecule has 28 heavy (non-hydrogen) atoms. The first kappa shape index (κ1) is 20.3. The Hall–Kier alpha value is -2.47. The van der Waals surface area contributed by atoms with Gasteiger partial charge in [-0.3, -0.25) is 14.4 Å². The minimum absolute atomic E-state index is 0.0101. The highest BCUT2D eigenvalue weighted by Crippen LogP contribution is 2.28. The first-order chi connectivity index (χ1) is 13.4. The van der Waals surface area contributed by atoms with Crippen molar-refractivity contribution in [3.8, 4) is 0 Å². The summed E-state index contributed by atoms with van der Waals surface area (Å²) in [6.07, 6.45) is 1.05. The Labute approximate surface area is 173 Å². The summed E-state index contributed by atoms with van der Waals surface area (Å²) < 4.78 is 0.867. The molecule has 2 aromatic rings. The Bertz CT molecular complexity index is 878. The summed E-state index contributed by atoms with van der Waals surface area (Å²) in [7, 11) is 0. The molecular formula is C22H23BrN2O3. The molecular weight excluding hydrogens is 420 g/mol. The third-order valence-electron chi connectivity index (χ3n) is 4.84. The van der Waals surface area contributed by atoms with Gasteiger partial charge in [-0.15, -0.1) is 0 Å². The molecule has 1 aliphatic rings. The highest BCUT2D eigenvalue weighted by Gasteiger charge is 2.44. The molecule has 0 aromatic heterocycles. The molecule has 0 saturated carbocycles. The van der Waals surface area contributed by atoms with Gasteiger partial charge in [0.2, 0.25) is 11.8 Å². The second-order valence-corrected chi connectivity index (χ2v) is 7.94. The van der Waals surface area contributed by atoms with E-state index in [4.69, 9.17) is 0 Å². The summed E-state index contributed by atoms with van der Waals surface area (Å²) in [5.41, 5.74) is 2.60. The molecule has 1 fully saturated rings. The average molecular weight is 443 g/mol. The Morgan fingerprint density at radius 3 is 2.36 bits per heavy atom. The van der Waals surface area contributed by atoms with Crippen LogP contribution in [0.3, 0.4) is 0 Å². The van der Waals surface area contributed by atoms with Gasteiger partial charge >= 0.3 is 0 Å². The van der Waals surface area contributed by atoms with Crippen LogP contribution >= 0.6 is 15.9 Å². The molecule has 1 atom stereocenters. The van der Waals surface area contributed by atoms with E-state index in [1.54, 1.807) is 29.2 Å². The summed E-state index contributed by atoms with van der Waals surface area (Å²) in [6, 6.07) is 14.1. The number of nitrogens with zero attached hydrogens (tertiary/aromatic N) is 2. The number of hydrogen-bond acceptors (Lipinski definition) is 3. The molecule has 2 aromatic carbocycles. The van der Waals surface area contributed by atoms with Crippen LogP contribution in [-0.4, -0.2) is 28.7 Å². The van der Waals surface area contributed by atoms with Gasteiger partial charge < -0.3 is 4.90 Å². The van der Waals surface area contributed by atoms with E-state index < -0.39 is 6.04 Å². The van der Waals surface area contributed by atoms with Crippen LogP contribution in [0.15, 0.2) is 53.0 Å². The van der Waals surface area contributed by atoms with Crippen LogP contribution in [0.5, 0.6) is 0 Å². The molecule has 0 aliphatic carbocycles. The summed E-state index contributed by atoms with van der Waals surface area (Å²) in [6.45, 7) is 4.24. The van der Waals surface area contributed by atoms with Gasteiger partial charge in [-0.25, -0.2) is 4.90 Å². The number of rotatable bonds is 6. The van der Waals surface area contributed by atoms with Crippen LogP contribution in [0.2, 0.25) is 0 Å². The minimum Gasteiger partial charge on any atom is -0.326 e. The van der Waals surface area contributed by atoms with Crippen molar-refractivity contribution in [3.05, 3.63) is 64.1 Å². The molecule has 146 valence electrons. The SMILES string of the molecule is CCCC(=O)N(Cc1ccc(C)cc1)C1CC(=O)N(c2ccc(Br)cc2)C1=O. The van der Waals surface area contributed by atoms with Gasteiger partial charge in [-0.05, 0) is 43.2 Å². The lowest BCUT2D eigenvalue weighted by molar-refractivity contribution is -0.139. The number of imide groups is 1. The smallest absolute Gasteiger partial charge is 0.257 e. The molecule has 1 saturated heterocycles. The maximum Gasteiger partial charge on any atom is 0.257 e. The molecule has 0 spiro atoms. The number of hydrogen-bond donors (Lipinski definition) is 0. The number of halogens is 1. The van der Waals surface area contributed by atoms with Crippen molar-refractivity contribution >= 4 is 39.3 Å². The van der Waals surface area contributed by atoms with E-state index >= 15 is 0 Å². The molecule has 0 bridgehead atoms. The van der Waals surface area contributed by atoms with Gasteiger partial charge in [0.25, 0.3) is 5.91 Å². The van der Waals surface area contributed by atoms with Gasteiger partial charge in [0.15, 0.2) is 0 Å². The Morgan fingerprint density at radius 2 is 1.75 bits per heavy atom. The first-order valence-corrected chi connectivity index (χ1v) is 10.2. The number of carbonyl (C=O) groups excluding carboxylic acids is 3. The molecule has 3 amide bonds. The highest BCUT2D eigenvalue weighted by molar-refractivity contribution is 9.10. The van der Waals surface area contributed by atoms with E-state index in [-0.39, 0.29) is 24.1 Å². The minimum atomic E-state index is -0.767. The predicted octanol–water partition coefficient (Wildman–Crippen LogP) is 4.22. The Kier molecular flexibility index (Phi) is 6.29. The van der Waals surface area contributed by atoms with Crippen molar-refractivity contribution in [1.82, 2.24) is 4.90 Å². The van der Waals surface area contributed by atoms with E-state index in [1.165, 1.54) is 4.90 Å². The van der Waals surface area contributed by atoms with Crippen molar-refractivity contribution in [1.29, 1.82) is 0 Å². The van der Waals surface area contributed by atoms with Gasteiger partial charge in [0.05, 0.1) is 12.1 Å². The maximum absolute atomic E-state index is 13.1. The van der Waals surface area contributed by atoms with Crippen molar-refractivity contribution in [2.24, 2.45) is 0 Å². The number of benzene rings is 2. The van der Waals surface area contributed by atoms with Crippen molar-refractivity contribution in [2.75, 3.05) is 4.90 Å². The predicted molar refractivity (Wildman–Crippen MR) is 112 cm³/mol. The zero-order chi connectivity index (χ0) is 20.3. The molecule has 0 radical (unpaired) electrons. The zero-order valence-electron chi connectivity index (χ0n) is 16.0. The maximum atomic E-state index is 13.1. The molecule has 1 heterocycles. The van der Waals surface area contributed by atoms with E-state index in [2.05, 4.69) is 15.9 Å². The van der Waals surface area contributed by atoms with Crippen LogP contribution < -0.4 is 4.90 Å². The fraction of sp³-hybridized carbons (Fsp3) is 0.318. The molecule has 6 heteroatoms. The van der Waals surface area contributed by atoms with Gasteiger partial charge in [0.1, 0.15) is 6.04 Å². The molecule has 5 nitrogen and oxygen atoms in total. The van der Waals surface area contributed by atoms with Crippen LogP contribution in [0.1, 0.15) is 37.3 Å². The van der Waals surface area contributed by atoms with E-state index in [0.717, 1.165) is 15.6 Å². The van der Waals surface area contributed by atoms with Crippen LogP contribution in [0, 0.1) is 6.92 Å². The molecule has 1 unspecified atom stereocenters. The van der Waals surface area contributed by atoms with Gasteiger partial charge in [-0.2, -0.15) is 0 Å². The monoisotopic (exact) mass is 442 g/mol. The second-order valence-electron chi connectivity index (χ2n) is 7.02. The third kappa shape index (κ3) is 4.33. The summed E-state index contributed by atoms with van der Waals surface area (Å²) in [5, 5.41) is 0. The number of carbonyl (C=O) groups is 3. The van der Waals surface area contributed by atoms with E-state index in [9.17, 15) is 14.4 Å². The van der Waals surface area contributed by atoms with Crippen molar-refractivity contribution < 1.29 is 14.4 Å². The van der Waals surface area contributed by atoms with Gasteiger partial charge in [-0.1, -0.05) is 52.7 Å². The lowest BCUT2D eigenvalue weighted by atomic mass is 10.1. The first-order valence-electron chi connectivity index (χ1n) is 9.38. The normalized spacial score (nSPS) is 16.5. The van der Waals surface area contributed by atoms with Crippen LogP contribution in [-0.2, 0) is 20.9 Å². The summed E-state index contributed by atoms with van der Waals surface area (Å²) >= 11 is 3.36. The fourth-order valence-corrected chi connectivity index (χ4v) is 3.60. The fourth-order valence-electron chi connectivity index (χ4n) is 3.34. The number of anilines is 1. The second kappa shape index (κ2) is 8.69. The lowest BCUT2D eigenvalue weighted by Gasteiger charge is -2.28. The van der Waals surface area contributed by atoms with E-state index in [1.807, 2.05) is 38.1 Å². The Balaban J connectivity index is 1.88. The topological polar surface area (TPSA) is 57.7 Å². The Morgan fingerprint density at radius 1 is 1.11 bits per heavy atom. The average Bonchev–Trinajstić information content (AvgIpc) is 2.96. The third-order valence-corrected chi connectivity index (χ3v) is 5.37. The van der Waals surface area contributed by atoms with Crippen molar-refractivity contribution in [2.45, 2.75) is 45.7 Å². The van der Waals surface area contributed by atoms with Gasteiger partial charge in [0, 0.05) is 17.4 Å². The molecule has 1 aliphatic heterocycles. The summed E-state index contributed by atoms with van der Waals surface area (Å²) in [5.74, 6) is -0.730. The lowest BCUT2D eigenvalue weighted by Crippen LogP contribution is -2.45. The quantitative estimate of drug-likeness (QED) is 0.629. The highest BCUT2D eigenvalue weighted by atomic mass is 79.9. The zero-order valence-corrected chi connectivity index (χ0v) is 17.6. The van der Waals surface area contributed by atoms with Crippen LogP contribution in [0.4, 0.5) is 5.69 Å². The number of amides is 3. The van der Waals surface area contributed by atoms with Crippen molar-refractivity contribution in [3.63, 3.8) is 0 Å². The van der Waals surface area contributed by atoms with Crippen LogP contribution in [0.25, 0.3) is 0 Å². The number of aryl methyl sites for hydroxylation is 1. The molecule has 3 rings (SSSR count). The molecule has 0 N–H and O–H groups in total. The standard InChI is InChI=1S/C22H23BrN2O3/c1-3-4-20(26)24(14-16-7-5-15(2)6-8-16)19-13-21(27)25(22(19)28)18-11-9-17(23)10-12-18/h5-12,19H,3-4,13-14H2,1-2H3. The summed E-state index contributed by atoms with van der Waals surface area (Å²) in [4.78, 5) is 41.2. The largest absolute Gasteiger partial charge is 0.326 e.